The SMILES string of the molecule is C[C@H]1C[C@@H](N)C[C@H](c2ccc(C#N)c3nccnc23)C1. The number of nitrogens with zero attached hydrogens (tertiary/aromatic N) is 3. The summed E-state index contributed by atoms with van der Waals surface area (Å²) in [5.74, 6) is 1.05. The van der Waals surface area contributed by atoms with Crippen LogP contribution in [0.3, 0.4) is 0 Å². The van der Waals surface area contributed by atoms with Gasteiger partial charge in [0.25, 0.3) is 0 Å². The summed E-state index contributed by atoms with van der Waals surface area (Å²) in [4.78, 5) is 8.79. The Bertz CT molecular complexity index is 664. The van der Waals surface area contributed by atoms with Gasteiger partial charge in [0.15, 0.2) is 0 Å². The summed E-state index contributed by atoms with van der Waals surface area (Å²) in [6, 6.07) is 6.34. The molecule has 0 amide bonds. The van der Waals surface area contributed by atoms with Crippen molar-refractivity contribution in [2.24, 2.45) is 11.7 Å². The van der Waals surface area contributed by atoms with Crippen LogP contribution in [-0.2, 0) is 0 Å². The highest BCUT2D eigenvalue weighted by Crippen LogP contribution is 2.38. The Labute approximate surface area is 118 Å². The lowest BCUT2D eigenvalue weighted by molar-refractivity contribution is 0.309. The van der Waals surface area contributed by atoms with Gasteiger partial charge in [0.05, 0.1) is 11.1 Å². The Hall–Kier alpha value is -1.99. The maximum Gasteiger partial charge on any atom is 0.107 e. The quantitative estimate of drug-likeness (QED) is 0.861. The van der Waals surface area contributed by atoms with Gasteiger partial charge in [0, 0.05) is 18.4 Å². The molecule has 1 aromatic carbocycles. The minimum absolute atomic E-state index is 0.256. The summed E-state index contributed by atoms with van der Waals surface area (Å²) in [6.07, 6.45) is 6.55. The molecule has 0 radical (unpaired) electrons. The molecule has 1 fully saturated rings. The molecule has 0 saturated heterocycles. The fraction of sp³-hybridized carbons (Fsp3) is 0.438. The number of fused-ring (bicyclic) bond motifs is 1. The molecule has 0 spiro atoms. The van der Waals surface area contributed by atoms with Gasteiger partial charge in [0.2, 0.25) is 0 Å². The van der Waals surface area contributed by atoms with Crippen LogP contribution in [0.1, 0.15) is 43.2 Å². The number of hydrogen-bond donors (Lipinski definition) is 1. The first-order valence-corrected chi connectivity index (χ1v) is 7.08. The van der Waals surface area contributed by atoms with Crippen molar-refractivity contribution in [2.45, 2.75) is 38.1 Å². The number of rotatable bonds is 1. The number of aromatic nitrogens is 2. The molecule has 1 aliphatic carbocycles. The van der Waals surface area contributed by atoms with Crippen LogP contribution in [0.5, 0.6) is 0 Å². The highest BCUT2D eigenvalue weighted by Gasteiger charge is 2.27. The lowest BCUT2D eigenvalue weighted by atomic mass is 9.76. The van der Waals surface area contributed by atoms with E-state index in [4.69, 9.17) is 5.73 Å². The highest BCUT2D eigenvalue weighted by atomic mass is 14.8. The third kappa shape index (κ3) is 2.25. The van der Waals surface area contributed by atoms with Crippen molar-refractivity contribution in [1.29, 1.82) is 5.26 Å². The van der Waals surface area contributed by atoms with Crippen LogP contribution in [-0.4, -0.2) is 16.0 Å². The summed E-state index contributed by atoms with van der Waals surface area (Å²) < 4.78 is 0. The normalized spacial score (nSPS) is 26.4. The summed E-state index contributed by atoms with van der Waals surface area (Å²) in [5, 5.41) is 9.18. The zero-order chi connectivity index (χ0) is 14.1. The van der Waals surface area contributed by atoms with E-state index < -0.39 is 0 Å². The second-order valence-electron chi connectivity index (χ2n) is 5.84. The number of nitrogens with two attached hydrogens (primary N) is 1. The number of nitriles is 1. The van der Waals surface area contributed by atoms with E-state index in [0.717, 1.165) is 24.8 Å². The van der Waals surface area contributed by atoms with Gasteiger partial charge >= 0.3 is 0 Å². The molecule has 0 aliphatic heterocycles. The van der Waals surface area contributed by atoms with Gasteiger partial charge in [-0.1, -0.05) is 13.0 Å². The van der Waals surface area contributed by atoms with Crippen LogP contribution in [0.25, 0.3) is 11.0 Å². The Morgan fingerprint density at radius 3 is 2.60 bits per heavy atom. The van der Waals surface area contributed by atoms with E-state index in [0.29, 0.717) is 22.9 Å². The molecule has 2 aromatic rings. The first-order chi connectivity index (χ1) is 9.69. The first kappa shape index (κ1) is 13.0. The Balaban J connectivity index is 2.11. The molecule has 20 heavy (non-hydrogen) atoms. The molecule has 1 aromatic heterocycles. The Kier molecular flexibility index (Phi) is 3.37. The number of benzene rings is 1. The minimum atomic E-state index is 0.256. The lowest BCUT2D eigenvalue weighted by Gasteiger charge is -2.31. The van der Waals surface area contributed by atoms with E-state index in [1.54, 1.807) is 12.4 Å². The maximum atomic E-state index is 9.18. The van der Waals surface area contributed by atoms with Crippen LogP contribution in [0.15, 0.2) is 24.5 Å². The molecule has 1 saturated carbocycles. The number of hydrogen-bond acceptors (Lipinski definition) is 4. The van der Waals surface area contributed by atoms with Crippen LogP contribution < -0.4 is 5.73 Å². The third-order valence-corrected chi connectivity index (χ3v) is 4.20. The van der Waals surface area contributed by atoms with Crippen molar-refractivity contribution in [3.63, 3.8) is 0 Å². The van der Waals surface area contributed by atoms with Crippen molar-refractivity contribution in [1.82, 2.24) is 9.97 Å². The molecule has 0 bridgehead atoms. The van der Waals surface area contributed by atoms with E-state index in [-0.39, 0.29) is 6.04 Å². The van der Waals surface area contributed by atoms with Crippen LogP contribution in [0.4, 0.5) is 0 Å². The topological polar surface area (TPSA) is 75.6 Å². The van der Waals surface area contributed by atoms with E-state index in [1.165, 1.54) is 5.56 Å². The molecule has 4 heteroatoms. The average molecular weight is 266 g/mol. The molecule has 1 aliphatic rings. The molecule has 102 valence electrons. The highest BCUT2D eigenvalue weighted by molar-refractivity contribution is 5.83. The largest absolute Gasteiger partial charge is 0.328 e. The molecule has 2 N–H and O–H groups in total. The zero-order valence-electron chi connectivity index (χ0n) is 11.6. The van der Waals surface area contributed by atoms with Crippen LogP contribution in [0.2, 0.25) is 0 Å². The fourth-order valence-electron chi connectivity index (χ4n) is 3.41. The van der Waals surface area contributed by atoms with Gasteiger partial charge < -0.3 is 5.73 Å². The van der Waals surface area contributed by atoms with E-state index in [2.05, 4.69) is 23.0 Å². The van der Waals surface area contributed by atoms with E-state index >= 15 is 0 Å². The molecule has 3 atom stereocenters. The molecular weight excluding hydrogens is 248 g/mol. The van der Waals surface area contributed by atoms with E-state index in [1.807, 2.05) is 12.1 Å². The Morgan fingerprint density at radius 1 is 1.15 bits per heavy atom. The summed E-state index contributed by atoms with van der Waals surface area (Å²) >= 11 is 0. The molecule has 0 unspecified atom stereocenters. The predicted molar refractivity (Wildman–Crippen MR) is 78.0 cm³/mol. The smallest absolute Gasteiger partial charge is 0.107 e. The van der Waals surface area contributed by atoms with Gasteiger partial charge in [0.1, 0.15) is 11.6 Å². The van der Waals surface area contributed by atoms with Crippen LogP contribution in [0, 0.1) is 17.2 Å². The predicted octanol–water partition coefficient (Wildman–Crippen LogP) is 2.73. The van der Waals surface area contributed by atoms with Gasteiger partial charge in [-0.3, -0.25) is 9.97 Å². The molecule has 1 heterocycles. The lowest BCUT2D eigenvalue weighted by Crippen LogP contribution is -2.31. The van der Waals surface area contributed by atoms with Crippen LogP contribution >= 0.6 is 0 Å². The minimum Gasteiger partial charge on any atom is -0.328 e. The van der Waals surface area contributed by atoms with Gasteiger partial charge in [-0.25, -0.2) is 0 Å². The first-order valence-electron chi connectivity index (χ1n) is 7.08. The van der Waals surface area contributed by atoms with E-state index in [9.17, 15) is 5.26 Å². The second-order valence-corrected chi connectivity index (χ2v) is 5.84. The molecular formula is C16H18N4. The van der Waals surface area contributed by atoms with Crippen molar-refractivity contribution in [3.8, 4) is 6.07 Å². The van der Waals surface area contributed by atoms with Gasteiger partial charge in [-0.15, -0.1) is 0 Å². The zero-order valence-corrected chi connectivity index (χ0v) is 11.6. The van der Waals surface area contributed by atoms with Gasteiger partial charge in [-0.05, 0) is 42.7 Å². The van der Waals surface area contributed by atoms with Crippen molar-refractivity contribution < 1.29 is 0 Å². The summed E-state index contributed by atoms with van der Waals surface area (Å²) in [6.45, 7) is 2.25. The molecule has 4 nitrogen and oxygen atoms in total. The fourth-order valence-corrected chi connectivity index (χ4v) is 3.41. The van der Waals surface area contributed by atoms with Gasteiger partial charge in [-0.2, -0.15) is 5.26 Å². The monoisotopic (exact) mass is 266 g/mol. The van der Waals surface area contributed by atoms with Crippen molar-refractivity contribution in [2.75, 3.05) is 0 Å². The molecule has 3 rings (SSSR count). The standard InChI is InChI=1S/C16H18N4/c1-10-6-12(8-13(18)7-10)14-3-2-11(9-17)15-16(14)20-5-4-19-15/h2-5,10,12-13H,6-8,18H2,1H3/t10-,12-,13-/m1/s1. The van der Waals surface area contributed by atoms with Crippen molar-refractivity contribution in [3.05, 3.63) is 35.7 Å². The average Bonchev–Trinajstić information content (AvgIpc) is 2.45. The maximum absolute atomic E-state index is 9.18. The third-order valence-electron chi connectivity index (χ3n) is 4.20. The summed E-state index contributed by atoms with van der Waals surface area (Å²) in [7, 11) is 0. The van der Waals surface area contributed by atoms with Crippen molar-refractivity contribution >= 4 is 11.0 Å². The Morgan fingerprint density at radius 2 is 1.90 bits per heavy atom. The second kappa shape index (κ2) is 5.18. The summed E-state index contributed by atoms with van der Waals surface area (Å²) in [5.41, 5.74) is 9.51.